The van der Waals surface area contributed by atoms with Crippen LogP contribution >= 0.6 is 0 Å². The lowest BCUT2D eigenvalue weighted by molar-refractivity contribution is 0.252. The van der Waals surface area contributed by atoms with Gasteiger partial charge in [0.25, 0.3) is 0 Å². The minimum atomic E-state index is -0.198. The molecule has 1 aromatic carbocycles. The van der Waals surface area contributed by atoms with E-state index in [1.807, 2.05) is 19.9 Å². The SMILES string of the molecule is CCCCCNC(=O)Nc1ccc(O)c(C(C)C)c1. The standard InChI is InChI=1S/C15H24N2O2/c1-4-5-6-9-16-15(19)17-12-7-8-14(18)13(10-12)11(2)3/h7-8,10-11,18H,4-6,9H2,1-3H3,(H2,16,17,19). The Hall–Kier alpha value is -1.71. The molecule has 0 fully saturated rings. The van der Waals surface area contributed by atoms with Crippen molar-refractivity contribution in [2.45, 2.75) is 46.0 Å². The molecular weight excluding hydrogens is 240 g/mol. The van der Waals surface area contributed by atoms with E-state index in [4.69, 9.17) is 0 Å². The minimum Gasteiger partial charge on any atom is -0.508 e. The molecule has 0 aliphatic carbocycles. The first kappa shape index (κ1) is 15.3. The first-order valence-electron chi connectivity index (χ1n) is 6.92. The van der Waals surface area contributed by atoms with Crippen LogP contribution in [0.4, 0.5) is 10.5 Å². The van der Waals surface area contributed by atoms with Gasteiger partial charge in [0, 0.05) is 12.2 Å². The number of benzene rings is 1. The predicted molar refractivity (Wildman–Crippen MR) is 78.7 cm³/mol. The van der Waals surface area contributed by atoms with E-state index < -0.39 is 0 Å². The van der Waals surface area contributed by atoms with Crippen molar-refractivity contribution in [3.8, 4) is 5.75 Å². The number of carbonyl (C=O) groups is 1. The molecular formula is C15H24N2O2. The Morgan fingerprint density at radius 2 is 2.05 bits per heavy atom. The molecule has 0 aromatic heterocycles. The molecule has 1 rings (SSSR count). The largest absolute Gasteiger partial charge is 0.508 e. The number of anilines is 1. The Balaban J connectivity index is 2.52. The monoisotopic (exact) mass is 264 g/mol. The summed E-state index contributed by atoms with van der Waals surface area (Å²) in [6.45, 7) is 6.83. The predicted octanol–water partition coefficient (Wildman–Crippen LogP) is 3.83. The van der Waals surface area contributed by atoms with Gasteiger partial charge in [0.2, 0.25) is 0 Å². The second-order valence-corrected chi connectivity index (χ2v) is 5.02. The molecule has 19 heavy (non-hydrogen) atoms. The molecule has 0 saturated heterocycles. The third-order valence-electron chi connectivity index (χ3n) is 2.97. The van der Waals surface area contributed by atoms with E-state index in [9.17, 15) is 9.90 Å². The van der Waals surface area contributed by atoms with Crippen LogP contribution in [0.15, 0.2) is 18.2 Å². The van der Waals surface area contributed by atoms with E-state index in [1.54, 1.807) is 12.1 Å². The van der Waals surface area contributed by atoms with E-state index in [1.165, 1.54) is 0 Å². The highest BCUT2D eigenvalue weighted by molar-refractivity contribution is 5.89. The molecule has 0 saturated carbocycles. The van der Waals surface area contributed by atoms with E-state index in [2.05, 4.69) is 17.6 Å². The van der Waals surface area contributed by atoms with Crippen LogP contribution in [0, 0.1) is 0 Å². The number of rotatable bonds is 6. The van der Waals surface area contributed by atoms with Crippen molar-refractivity contribution in [3.63, 3.8) is 0 Å². The number of carbonyl (C=O) groups excluding carboxylic acids is 1. The molecule has 0 aliphatic heterocycles. The highest BCUT2D eigenvalue weighted by Crippen LogP contribution is 2.28. The summed E-state index contributed by atoms with van der Waals surface area (Å²) in [7, 11) is 0. The fourth-order valence-corrected chi connectivity index (χ4v) is 1.85. The Labute approximate surface area is 115 Å². The van der Waals surface area contributed by atoms with Gasteiger partial charge in [-0.15, -0.1) is 0 Å². The average Bonchev–Trinajstić information content (AvgIpc) is 2.36. The lowest BCUT2D eigenvalue weighted by Crippen LogP contribution is -2.29. The van der Waals surface area contributed by atoms with Crippen LogP contribution in [-0.2, 0) is 0 Å². The van der Waals surface area contributed by atoms with Crippen molar-refractivity contribution in [1.82, 2.24) is 5.32 Å². The molecule has 106 valence electrons. The Morgan fingerprint density at radius 1 is 1.32 bits per heavy atom. The van der Waals surface area contributed by atoms with Gasteiger partial charge >= 0.3 is 6.03 Å². The molecule has 0 heterocycles. The van der Waals surface area contributed by atoms with Gasteiger partial charge in [0.1, 0.15) is 5.75 Å². The van der Waals surface area contributed by atoms with E-state index in [0.29, 0.717) is 12.2 Å². The number of aromatic hydroxyl groups is 1. The lowest BCUT2D eigenvalue weighted by atomic mass is 10.0. The Morgan fingerprint density at radius 3 is 2.68 bits per heavy atom. The van der Waals surface area contributed by atoms with Gasteiger partial charge in [-0.25, -0.2) is 4.79 Å². The van der Waals surface area contributed by atoms with E-state index in [-0.39, 0.29) is 17.7 Å². The zero-order chi connectivity index (χ0) is 14.3. The highest BCUT2D eigenvalue weighted by Gasteiger charge is 2.08. The van der Waals surface area contributed by atoms with Crippen molar-refractivity contribution < 1.29 is 9.90 Å². The van der Waals surface area contributed by atoms with Crippen molar-refractivity contribution in [3.05, 3.63) is 23.8 Å². The molecule has 2 amide bonds. The first-order chi connectivity index (χ1) is 9.04. The summed E-state index contributed by atoms with van der Waals surface area (Å²) < 4.78 is 0. The number of hydrogen-bond donors (Lipinski definition) is 3. The molecule has 4 heteroatoms. The quantitative estimate of drug-likeness (QED) is 0.540. The molecule has 0 atom stereocenters. The number of phenolic OH excluding ortho intramolecular Hbond substituents is 1. The van der Waals surface area contributed by atoms with Gasteiger partial charge in [0.05, 0.1) is 0 Å². The van der Waals surface area contributed by atoms with Gasteiger partial charge in [0.15, 0.2) is 0 Å². The molecule has 0 radical (unpaired) electrons. The maximum Gasteiger partial charge on any atom is 0.319 e. The molecule has 1 aromatic rings. The van der Waals surface area contributed by atoms with Crippen LogP contribution in [0.2, 0.25) is 0 Å². The van der Waals surface area contributed by atoms with Crippen molar-refractivity contribution in [1.29, 1.82) is 0 Å². The van der Waals surface area contributed by atoms with Crippen molar-refractivity contribution >= 4 is 11.7 Å². The normalized spacial score (nSPS) is 10.5. The van der Waals surface area contributed by atoms with Crippen LogP contribution < -0.4 is 10.6 Å². The van der Waals surface area contributed by atoms with E-state index >= 15 is 0 Å². The van der Waals surface area contributed by atoms with Crippen LogP contribution in [0.5, 0.6) is 5.75 Å². The third kappa shape index (κ3) is 5.20. The minimum absolute atomic E-state index is 0.198. The van der Waals surface area contributed by atoms with E-state index in [0.717, 1.165) is 24.8 Å². The smallest absolute Gasteiger partial charge is 0.319 e. The summed E-state index contributed by atoms with van der Waals surface area (Å²) >= 11 is 0. The van der Waals surface area contributed by atoms with Gasteiger partial charge in [-0.3, -0.25) is 0 Å². The molecule has 0 spiro atoms. The number of phenols is 1. The van der Waals surface area contributed by atoms with Gasteiger partial charge < -0.3 is 15.7 Å². The topological polar surface area (TPSA) is 61.4 Å². The molecule has 0 bridgehead atoms. The summed E-state index contributed by atoms with van der Waals surface area (Å²) in [5.41, 5.74) is 1.54. The molecule has 0 aliphatic rings. The fraction of sp³-hybridized carbons (Fsp3) is 0.533. The van der Waals surface area contributed by atoms with Crippen molar-refractivity contribution in [2.24, 2.45) is 0 Å². The van der Waals surface area contributed by atoms with Crippen LogP contribution in [0.25, 0.3) is 0 Å². The van der Waals surface area contributed by atoms with Gasteiger partial charge in [-0.2, -0.15) is 0 Å². The number of urea groups is 1. The van der Waals surface area contributed by atoms with Crippen LogP contribution in [-0.4, -0.2) is 17.7 Å². The zero-order valence-electron chi connectivity index (χ0n) is 12.0. The molecule has 3 N–H and O–H groups in total. The lowest BCUT2D eigenvalue weighted by Gasteiger charge is -2.12. The second-order valence-electron chi connectivity index (χ2n) is 5.02. The Bertz CT molecular complexity index is 417. The molecule has 4 nitrogen and oxygen atoms in total. The maximum absolute atomic E-state index is 11.7. The Kier molecular flexibility index (Phi) is 6.19. The molecule has 0 unspecified atom stereocenters. The van der Waals surface area contributed by atoms with Crippen LogP contribution in [0.1, 0.15) is 51.5 Å². The average molecular weight is 264 g/mol. The third-order valence-corrected chi connectivity index (χ3v) is 2.97. The first-order valence-corrected chi connectivity index (χ1v) is 6.92. The number of unbranched alkanes of at least 4 members (excludes halogenated alkanes) is 2. The summed E-state index contributed by atoms with van der Waals surface area (Å²) in [4.78, 5) is 11.7. The second kappa shape index (κ2) is 7.67. The zero-order valence-corrected chi connectivity index (χ0v) is 12.0. The van der Waals surface area contributed by atoms with Gasteiger partial charge in [-0.1, -0.05) is 33.6 Å². The fourth-order valence-electron chi connectivity index (χ4n) is 1.85. The maximum atomic E-state index is 11.7. The van der Waals surface area contributed by atoms with Crippen LogP contribution in [0.3, 0.4) is 0 Å². The number of amides is 2. The summed E-state index contributed by atoms with van der Waals surface area (Å²) in [6, 6.07) is 4.93. The highest BCUT2D eigenvalue weighted by atomic mass is 16.3. The summed E-state index contributed by atoms with van der Waals surface area (Å²) in [6.07, 6.45) is 3.26. The summed E-state index contributed by atoms with van der Waals surface area (Å²) in [5.74, 6) is 0.485. The summed E-state index contributed by atoms with van der Waals surface area (Å²) in [5, 5.41) is 15.3. The number of hydrogen-bond acceptors (Lipinski definition) is 2. The van der Waals surface area contributed by atoms with Crippen molar-refractivity contribution in [2.75, 3.05) is 11.9 Å². The number of nitrogens with one attached hydrogen (secondary N) is 2. The van der Waals surface area contributed by atoms with Gasteiger partial charge in [-0.05, 0) is 36.1 Å².